The highest BCUT2D eigenvalue weighted by atomic mass is 35.5. The molecule has 2 aliphatic heterocycles. The van der Waals surface area contributed by atoms with Crippen LogP contribution in [-0.4, -0.2) is 56.2 Å². The van der Waals surface area contributed by atoms with Crippen LogP contribution in [0.25, 0.3) is 0 Å². The van der Waals surface area contributed by atoms with Crippen molar-refractivity contribution in [3.05, 3.63) is 23.2 Å². The molecule has 1 aromatic rings. The lowest BCUT2D eigenvalue weighted by atomic mass is 10.2. The Kier molecular flexibility index (Phi) is 5.28. The molecule has 6 heteroatoms. The SMILES string of the molecule is C[C@H]1CN(C(=O)CNc2cc(Cl)ccc2N2CCCC2)CCO1. The van der Waals surface area contributed by atoms with E-state index in [1.165, 1.54) is 12.8 Å². The Hall–Kier alpha value is -1.46. The number of anilines is 2. The summed E-state index contributed by atoms with van der Waals surface area (Å²) in [4.78, 5) is 16.6. The quantitative estimate of drug-likeness (QED) is 0.917. The van der Waals surface area contributed by atoms with Crippen molar-refractivity contribution in [3.8, 4) is 0 Å². The fourth-order valence-corrected chi connectivity index (χ4v) is 3.38. The van der Waals surface area contributed by atoms with E-state index in [-0.39, 0.29) is 18.6 Å². The Morgan fingerprint density at radius 1 is 1.35 bits per heavy atom. The zero-order valence-corrected chi connectivity index (χ0v) is 14.3. The third-order valence-corrected chi connectivity index (χ3v) is 4.66. The Morgan fingerprint density at radius 2 is 2.13 bits per heavy atom. The molecule has 0 aliphatic carbocycles. The first-order valence-electron chi connectivity index (χ1n) is 8.31. The minimum Gasteiger partial charge on any atom is -0.375 e. The molecule has 1 atom stereocenters. The van der Waals surface area contributed by atoms with Gasteiger partial charge in [0.15, 0.2) is 0 Å². The second kappa shape index (κ2) is 7.41. The fourth-order valence-electron chi connectivity index (χ4n) is 3.21. The van der Waals surface area contributed by atoms with E-state index in [2.05, 4.69) is 10.2 Å². The molecule has 2 saturated heterocycles. The molecule has 2 heterocycles. The molecule has 0 bridgehead atoms. The van der Waals surface area contributed by atoms with Gasteiger partial charge in [-0.15, -0.1) is 0 Å². The first-order valence-corrected chi connectivity index (χ1v) is 8.69. The molecule has 0 saturated carbocycles. The lowest BCUT2D eigenvalue weighted by molar-refractivity contribution is -0.136. The first-order chi connectivity index (χ1) is 11.1. The second-order valence-electron chi connectivity index (χ2n) is 6.23. The highest BCUT2D eigenvalue weighted by Gasteiger charge is 2.22. The molecular formula is C17H24ClN3O2. The van der Waals surface area contributed by atoms with Gasteiger partial charge in [0.2, 0.25) is 5.91 Å². The molecule has 1 aromatic carbocycles. The summed E-state index contributed by atoms with van der Waals surface area (Å²) >= 11 is 6.14. The van der Waals surface area contributed by atoms with Gasteiger partial charge in [-0.05, 0) is 38.0 Å². The van der Waals surface area contributed by atoms with E-state index in [9.17, 15) is 4.79 Å². The summed E-state index contributed by atoms with van der Waals surface area (Å²) in [5.74, 6) is 0.104. The Labute approximate surface area is 142 Å². The average molecular weight is 338 g/mol. The van der Waals surface area contributed by atoms with E-state index in [0.717, 1.165) is 24.5 Å². The molecule has 0 aromatic heterocycles. The summed E-state index contributed by atoms with van der Waals surface area (Å²) in [7, 11) is 0. The standard InChI is InChI=1S/C17H24ClN3O2/c1-13-12-21(8-9-23-13)17(22)11-19-15-10-14(18)4-5-16(15)20-6-2-3-7-20/h4-5,10,13,19H,2-3,6-9,11-12H2,1H3/t13-/m0/s1. The highest BCUT2D eigenvalue weighted by molar-refractivity contribution is 6.31. The van der Waals surface area contributed by atoms with Gasteiger partial charge in [0.05, 0.1) is 30.6 Å². The van der Waals surface area contributed by atoms with Gasteiger partial charge in [-0.2, -0.15) is 0 Å². The summed E-state index contributed by atoms with van der Waals surface area (Å²) in [5, 5.41) is 3.97. The van der Waals surface area contributed by atoms with Crippen molar-refractivity contribution in [2.45, 2.75) is 25.9 Å². The minimum atomic E-state index is 0.104. The summed E-state index contributed by atoms with van der Waals surface area (Å²) in [6.07, 6.45) is 2.54. The zero-order chi connectivity index (χ0) is 16.2. The molecule has 0 spiro atoms. The number of nitrogens with zero attached hydrogens (tertiary/aromatic N) is 2. The van der Waals surface area contributed by atoms with Crippen molar-refractivity contribution >= 4 is 28.9 Å². The zero-order valence-electron chi connectivity index (χ0n) is 13.6. The smallest absolute Gasteiger partial charge is 0.242 e. The maximum Gasteiger partial charge on any atom is 0.242 e. The van der Waals surface area contributed by atoms with Crippen LogP contribution in [0.1, 0.15) is 19.8 Å². The van der Waals surface area contributed by atoms with E-state index in [4.69, 9.17) is 16.3 Å². The monoisotopic (exact) mass is 337 g/mol. The number of carbonyl (C=O) groups is 1. The summed E-state index contributed by atoms with van der Waals surface area (Å²) < 4.78 is 5.48. The highest BCUT2D eigenvalue weighted by Crippen LogP contribution is 2.31. The molecule has 1 amide bonds. The minimum absolute atomic E-state index is 0.104. The van der Waals surface area contributed by atoms with Gasteiger partial charge in [0, 0.05) is 31.2 Å². The number of rotatable bonds is 4. The third kappa shape index (κ3) is 4.09. The fraction of sp³-hybridized carbons (Fsp3) is 0.588. The van der Waals surface area contributed by atoms with Crippen LogP contribution in [0, 0.1) is 0 Å². The maximum absolute atomic E-state index is 12.4. The first kappa shape index (κ1) is 16.4. The lowest BCUT2D eigenvalue weighted by Gasteiger charge is -2.31. The summed E-state index contributed by atoms with van der Waals surface area (Å²) in [5.41, 5.74) is 2.07. The van der Waals surface area contributed by atoms with Crippen LogP contribution in [0.3, 0.4) is 0 Å². The van der Waals surface area contributed by atoms with Gasteiger partial charge in [-0.3, -0.25) is 4.79 Å². The van der Waals surface area contributed by atoms with Gasteiger partial charge < -0.3 is 19.9 Å². The molecular weight excluding hydrogens is 314 g/mol. The number of benzene rings is 1. The van der Waals surface area contributed by atoms with Crippen molar-refractivity contribution < 1.29 is 9.53 Å². The van der Waals surface area contributed by atoms with Crippen LogP contribution in [0.4, 0.5) is 11.4 Å². The average Bonchev–Trinajstić information content (AvgIpc) is 3.07. The summed E-state index contributed by atoms with van der Waals surface area (Å²) in [6, 6.07) is 5.85. The number of ether oxygens (including phenoxy) is 1. The predicted octanol–water partition coefficient (Wildman–Crippen LogP) is 2.60. The van der Waals surface area contributed by atoms with Crippen LogP contribution < -0.4 is 10.2 Å². The molecule has 2 fully saturated rings. The second-order valence-corrected chi connectivity index (χ2v) is 6.67. The van der Waals surface area contributed by atoms with Gasteiger partial charge in [0.1, 0.15) is 0 Å². The van der Waals surface area contributed by atoms with Gasteiger partial charge in [-0.1, -0.05) is 11.6 Å². The van der Waals surface area contributed by atoms with Gasteiger partial charge in [-0.25, -0.2) is 0 Å². The van der Waals surface area contributed by atoms with Crippen LogP contribution in [0.15, 0.2) is 18.2 Å². The van der Waals surface area contributed by atoms with E-state index < -0.39 is 0 Å². The molecule has 3 rings (SSSR count). The van der Waals surface area contributed by atoms with Crippen molar-refractivity contribution in [1.82, 2.24) is 4.90 Å². The molecule has 2 aliphatic rings. The van der Waals surface area contributed by atoms with Crippen molar-refractivity contribution in [2.24, 2.45) is 0 Å². The number of hydrogen-bond acceptors (Lipinski definition) is 4. The van der Waals surface area contributed by atoms with E-state index in [1.807, 2.05) is 30.0 Å². The van der Waals surface area contributed by atoms with Gasteiger partial charge in [0.25, 0.3) is 0 Å². The van der Waals surface area contributed by atoms with Gasteiger partial charge >= 0.3 is 0 Å². The molecule has 1 N–H and O–H groups in total. The lowest BCUT2D eigenvalue weighted by Crippen LogP contribution is -2.46. The van der Waals surface area contributed by atoms with E-state index in [0.29, 0.717) is 24.7 Å². The molecule has 0 radical (unpaired) electrons. The summed E-state index contributed by atoms with van der Waals surface area (Å²) in [6.45, 7) is 6.34. The van der Waals surface area contributed by atoms with Crippen molar-refractivity contribution in [3.63, 3.8) is 0 Å². The number of halogens is 1. The van der Waals surface area contributed by atoms with Crippen LogP contribution >= 0.6 is 11.6 Å². The molecule has 126 valence electrons. The van der Waals surface area contributed by atoms with Crippen LogP contribution in [0.2, 0.25) is 5.02 Å². The number of morpholine rings is 1. The Bertz CT molecular complexity index is 561. The number of amides is 1. The topological polar surface area (TPSA) is 44.8 Å². The molecule has 23 heavy (non-hydrogen) atoms. The number of nitrogens with one attached hydrogen (secondary N) is 1. The number of hydrogen-bond donors (Lipinski definition) is 1. The molecule has 5 nitrogen and oxygen atoms in total. The Morgan fingerprint density at radius 3 is 2.87 bits per heavy atom. The Balaban J connectivity index is 1.65. The van der Waals surface area contributed by atoms with E-state index >= 15 is 0 Å². The predicted molar refractivity (Wildman–Crippen MR) is 93.4 cm³/mol. The normalized spacial score (nSPS) is 21.6. The van der Waals surface area contributed by atoms with Crippen molar-refractivity contribution in [2.75, 3.05) is 49.5 Å². The number of carbonyl (C=O) groups excluding carboxylic acids is 1. The molecule has 0 unspecified atom stereocenters. The third-order valence-electron chi connectivity index (χ3n) is 4.43. The van der Waals surface area contributed by atoms with Crippen molar-refractivity contribution in [1.29, 1.82) is 0 Å². The maximum atomic E-state index is 12.4. The van der Waals surface area contributed by atoms with Crippen LogP contribution in [-0.2, 0) is 9.53 Å². The van der Waals surface area contributed by atoms with Crippen LogP contribution in [0.5, 0.6) is 0 Å². The largest absolute Gasteiger partial charge is 0.375 e. The van der Waals surface area contributed by atoms with E-state index in [1.54, 1.807) is 0 Å².